The van der Waals surface area contributed by atoms with E-state index >= 15 is 0 Å². The van der Waals surface area contributed by atoms with E-state index in [1.807, 2.05) is 18.2 Å². The van der Waals surface area contributed by atoms with E-state index < -0.39 is 11.8 Å². The van der Waals surface area contributed by atoms with E-state index in [4.69, 9.17) is 4.42 Å². The van der Waals surface area contributed by atoms with Crippen LogP contribution in [0.3, 0.4) is 0 Å². The maximum Gasteiger partial charge on any atom is 0.309 e. The number of rotatable bonds is 4. The number of fused-ring (bicyclic) bond motifs is 1. The molecule has 0 unspecified atom stereocenters. The Morgan fingerprint density at radius 3 is 2.67 bits per heavy atom. The van der Waals surface area contributed by atoms with Crippen LogP contribution in [0.15, 0.2) is 47.1 Å². The SMILES string of the molecule is CNC(=O)C(=O)NC[C@H](c1ccco1)N1CCc2ccccc2C1. The second-order valence-electron chi connectivity index (χ2n) is 5.81. The molecule has 2 heterocycles. The van der Waals surface area contributed by atoms with Crippen molar-refractivity contribution < 1.29 is 14.0 Å². The Bertz CT molecular complexity index is 712. The molecule has 1 aromatic heterocycles. The summed E-state index contributed by atoms with van der Waals surface area (Å²) in [5.74, 6) is -0.491. The largest absolute Gasteiger partial charge is 0.468 e. The first kappa shape index (κ1) is 16.3. The zero-order chi connectivity index (χ0) is 16.9. The van der Waals surface area contributed by atoms with E-state index in [1.165, 1.54) is 18.2 Å². The van der Waals surface area contributed by atoms with Crippen molar-refractivity contribution in [2.24, 2.45) is 0 Å². The molecule has 0 bridgehead atoms. The standard InChI is InChI=1S/C18H21N3O3/c1-19-17(22)18(23)20-11-15(16-7-4-10-24-16)21-9-8-13-5-2-3-6-14(13)12-21/h2-7,10,15H,8-9,11-12H2,1H3,(H,19,22)(H,20,23)/t15-/m1/s1. The lowest BCUT2D eigenvalue weighted by Crippen LogP contribution is -2.44. The molecule has 6 heteroatoms. The number of amides is 2. The van der Waals surface area contributed by atoms with Crippen molar-refractivity contribution in [3.63, 3.8) is 0 Å². The van der Waals surface area contributed by atoms with Gasteiger partial charge in [-0.15, -0.1) is 0 Å². The number of hydrogen-bond donors (Lipinski definition) is 2. The van der Waals surface area contributed by atoms with Gasteiger partial charge in [0.25, 0.3) is 0 Å². The molecule has 0 aliphatic carbocycles. The molecule has 1 aliphatic rings. The van der Waals surface area contributed by atoms with Gasteiger partial charge in [0, 0.05) is 26.7 Å². The van der Waals surface area contributed by atoms with Crippen molar-refractivity contribution >= 4 is 11.8 Å². The molecule has 3 rings (SSSR count). The van der Waals surface area contributed by atoms with E-state index in [-0.39, 0.29) is 6.04 Å². The maximum atomic E-state index is 11.8. The molecule has 6 nitrogen and oxygen atoms in total. The van der Waals surface area contributed by atoms with Crippen molar-refractivity contribution in [3.8, 4) is 0 Å². The number of nitrogens with one attached hydrogen (secondary N) is 2. The fourth-order valence-corrected chi connectivity index (χ4v) is 3.06. The fourth-order valence-electron chi connectivity index (χ4n) is 3.06. The third-order valence-corrected chi connectivity index (χ3v) is 4.36. The summed E-state index contributed by atoms with van der Waals surface area (Å²) in [6.07, 6.45) is 2.58. The van der Waals surface area contributed by atoms with E-state index in [2.05, 4.69) is 33.7 Å². The van der Waals surface area contributed by atoms with Crippen LogP contribution in [0.5, 0.6) is 0 Å². The van der Waals surface area contributed by atoms with Gasteiger partial charge in [-0.2, -0.15) is 0 Å². The summed E-state index contributed by atoms with van der Waals surface area (Å²) in [7, 11) is 1.44. The molecule has 126 valence electrons. The van der Waals surface area contributed by atoms with Crippen LogP contribution in [0.2, 0.25) is 0 Å². The second-order valence-corrected chi connectivity index (χ2v) is 5.81. The molecule has 1 aliphatic heterocycles. The summed E-state index contributed by atoms with van der Waals surface area (Å²) in [6, 6.07) is 12.0. The Morgan fingerprint density at radius 2 is 1.96 bits per heavy atom. The zero-order valence-corrected chi connectivity index (χ0v) is 13.6. The number of likely N-dealkylation sites (N-methyl/N-ethyl adjacent to an activating group) is 1. The van der Waals surface area contributed by atoms with Gasteiger partial charge in [-0.1, -0.05) is 24.3 Å². The number of carbonyl (C=O) groups excluding carboxylic acids is 2. The first-order valence-corrected chi connectivity index (χ1v) is 8.03. The van der Waals surface area contributed by atoms with Gasteiger partial charge in [0.05, 0.1) is 12.3 Å². The highest BCUT2D eigenvalue weighted by molar-refractivity contribution is 6.35. The number of benzene rings is 1. The van der Waals surface area contributed by atoms with Crippen LogP contribution in [0.1, 0.15) is 22.9 Å². The molecule has 0 saturated carbocycles. The van der Waals surface area contributed by atoms with Gasteiger partial charge in [0.1, 0.15) is 5.76 Å². The first-order chi connectivity index (χ1) is 11.7. The average Bonchev–Trinajstić information content (AvgIpc) is 3.15. The predicted octanol–water partition coefficient (Wildman–Crippen LogP) is 1.24. The summed E-state index contributed by atoms with van der Waals surface area (Å²) in [5.41, 5.74) is 2.65. The van der Waals surface area contributed by atoms with E-state index in [0.717, 1.165) is 25.3 Å². The van der Waals surface area contributed by atoms with E-state index in [9.17, 15) is 9.59 Å². The molecule has 0 radical (unpaired) electrons. The Morgan fingerprint density at radius 1 is 1.17 bits per heavy atom. The molecule has 2 aromatic rings. The lowest BCUT2D eigenvalue weighted by Gasteiger charge is -2.34. The van der Waals surface area contributed by atoms with Crippen molar-refractivity contribution in [2.75, 3.05) is 20.1 Å². The first-order valence-electron chi connectivity index (χ1n) is 8.03. The topological polar surface area (TPSA) is 74.6 Å². The third-order valence-electron chi connectivity index (χ3n) is 4.36. The van der Waals surface area contributed by atoms with Crippen LogP contribution in [-0.4, -0.2) is 36.9 Å². The van der Waals surface area contributed by atoms with Crippen LogP contribution in [0.4, 0.5) is 0 Å². The second kappa shape index (κ2) is 7.31. The maximum absolute atomic E-state index is 11.8. The average molecular weight is 327 g/mol. The number of nitrogens with zero attached hydrogens (tertiary/aromatic N) is 1. The predicted molar refractivity (Wildman–Crippen MR) is 89.1 cm³/mol. The van der Waals surface area contributed by atoms with Gasteiger partial charge in [-0.05, 0) is 29.7 Å². The van der Waals surface area contributed by atoms with E-state index in [1.54, 1.807) is 6.26 Å². The Hall–Kier alpha value is -2.60. The number of carbonyl (C=O) groups is 2. The van der Waals surface area contributed by atoms with Crippen LogP contribution >= 0.6 is 0 Å². The molecule has 0 fully saturated rings. The molecule has 0 saturated heterocycles. The summed E-state index contributed by atoms with van der Waals surface area (Å²) >= 11 is 0. The van der Waals surface area contributed by atoms with Crippen molar-refractivity contribution in [2.45, 2.75) is 19.0 Å². The minimum Gasteiger partial charge on any atom is -0.468 e. The lowest BCUT2D eigenvalue weighted by molar-refractivity contribution is -0.139. The Labute approximate surface area is 140 Å². The highest BCUT2D eigenvalue weighted by atomic mass is 16.3. The van der Waals surface area contributed by atoms with Crippen molar-refractivity contribution in [3.05, 3.63) is 59.5 Å². The van der Waals surface area contributed by atoms with Crippen LogP contribution < -0.4 is 10.6 Å². The van der Waals surface area contributed by atoms with Gasteiger partial charge < -0.3 is 15.1 Å². The van der Waals surface area contributed by atoms with Crippen LogP contribution in [0, 0.1) is 0 Å². The summed E-state index contributed by atoms with van der Waals surface area (Å²) in [5, 5.41) is 5.02. The molecular formula is C18H21N3O3. The minimum atomic E-state index is -0.641. The molecular weight excluding hydrogens is 306 g/mol. The highest BCUT2D eigenvalue weighted by Gasteiger charge is 2.27. The number of hydrogen-bond acceptors (Lipinski definition) is 4. The lowest BCUT2D eigenvalue weighted by atomic mass is 9.98. The molecule has 2 amide bonds. The molecule has 1 atom stereocenters. The smallest absolute Gasteiger partial charge is 0.309 e. The Balaban J connectivity index is 1.74. The molecule has 1 aromatic carbocycles. The van der Waals surface area contributed by atoms with Crippen molar-refractivity contribution in [1.29, 1.82) is 0 Å². The number of furan rings is 1. The molecule has 0 spiro atoms. The van der Waals surface area contributed by atoms with Gasteiger partial charge in [0.15, 0.2) is 0 Å². The third kappa shape index (κ3) is 3.49. The summed E-state index contributed by atoms with van der Waals surface area (Å²) in [4.78, 5) is 25.4. The van der Waals surface area contributed by atoms with Gasteiger partial charge >= 0.3 is 11.8 Å². The quantitative estimate of drug-likeness (QED) is 0.829. The fraction of sp³-hybridized carbons (Fsp3) is 0.333. The zero-order valence-electron chi connectivity index (χ0n) is 13.6. The van der Waals surface area contributed by atoms with Gasteiger partial charge in [0.2, 0.25) is 0 Å². The minimum absolute atomic E-state index is 0.109. The van der Waals surface area contributed by atoms with E-state index in [0.29, 0.717) is 6.54 Å². The van der Waals surface area contributed by atoms with Gasteiger partial charge in [-0.3, -0.25) is 14.5 Å². The van der Waals surface area contributed by atoms with Crippen molar-refractivity contribution in [1.82, 2.24) is 15.5 Å². The molecule has 2 N–H and O–H groups in total. The monoisotopic (exact) mass is 327 g/mol. The normalized spacial score (nSPS) is 15.4. The molecule has 24 heavy (non-hydrogen) atoms. The summed E-state index contributed by atoms with van der Waals surface area (Å²) in [6.45, 7) is 1.98. The highest BCUT2D eigenvalue weighted by Crippen LogP contribution is 2.27. The van der Waals surface area contributed by atoms with Gasteiger partial charge in [-0.25, -0.2) is 0 Å². The van der Waals surface area contributed by atoms with Crippen LogP contribution in [0.25, 0.3) is 0 Å². The Kier molecular flexibility index (Phi) is 4.96. The summed E-state index contributed by atoms with van der Waals surface area (Å²) < 4.78 is 5.56. The van der Waals surface area contributed by atoms with Crippen LogP contribution in [-0.2, 0) is 22.6 Å².